The monoisotopic (exact) mass is 415 g/mol. The second-order valence-electron chi connectivity index (χ2n) is 6.84. The Bertz CT molecular complexity index is 938. The molecule has 8 heteroatoms. The van der Waals surface area contributed by atoms with Gasteiger partial charge in [-0.15, -0.1) is 11.3 Å². The maximum Gasteiger partial charge on any atom is 0.341 e. The number of hydrogen-bond acceptors (Lipinski definition) is 6. The van der Waals surface area contributed by atoms with Crippen LogP contribution in [0.4, 0.5) is 5.00 Å². The predicted octanol–water partition coefficient (Wildman–Crippen LogP) is 2.59. The molecule has 3 rings (SSSR count). The fraction of sp³-hybridized carbons (Fsp3) is 0.381. The Morgan fingerprint density at radius 1 is 1.21 bits per heavy atom. The lowest BCUT2D eigenvalue weighted by molar-refractivity contribution is -0.117. The van der Waals surface area contributed by atoms with Crippen molar-refractivity contribution in [1.29, 1.82) is 0 Å². The molecule has 0 saturated carbocycles. The number of nitrogens with zero attached hydrogens (tertiary/aromatic N) is 1. The van der Waals surface area contributed by atoms with Crippen molar-refractivity contribution in [1.82, 2.24) is 10.2 Å². The first-order chi connectivity index (χ1) is 13.9. The molecule has 0 radical (unpaired) electrons. The van der Waals surface area contributed by atoms with Gasteiger partial charge in [-0.3, -0.25) is 14.5 Å². The van der Waals surface area contributed by atoms with Crippen molar-refractivity contribution in [3.05, 3.63) is 51.4 Å². The number of hydrogen-bond donors (Lipinski definition) is 2. The Morgan fingerprint density at radius 2 is 1.93 bits per heavy atom. The number of benzene rings is 1. The molecule has 1 aromatic heterocycles. The second-order valence-corrected chi connectivity index (χ2v) is 7.86. The van der Waals surface area contributed by atoms with E-state index in [0.717, 1.165) is 24.3 Å². The number of amides is 2. The number of carbonyl (C=O) groups is 3. The number of carbonyl (C=O) groups excluding carboxylic acids is 3. The highest BCUT2D eigenvalue weighted by Crippen LogP contribution is 2.34. The number of thiophene rings is 1. The largest absolute Gasteiger partial charge is 0.462 e. The molecule has 2 N–H and O–H groups in total. The van der Waals surface area contributed by atoms with Gasteiger partial charge in [-0.1, -0.05) is 24.3 Å². The minimum absolute atomic E-state index is 0.211. The summed E-state index contributed by atoms with van der Waals surface area (Å²) in [5.74, 6) is -1.07. The molecule has 7 nitrogen and oxygen atoms in total. The number of rotatable bonds is 6. The average Bonchev–Trinajstić information content (AvgIpc) is 3.03. The zero-order valence-electron chi connectivity index (χ0n) is 16.8. The van der Waals surface area contributed by atoms with Gasteiger partial charge in [0.05, 0.1) is 23.6 Å². The summed E-state index contributed by atoms with van der Waals surface area (Å²) in [6.07, 6.45) is 0.899. The summed E-state index contributed by atoms with van der Waals surface area (Å²) in [6, 6.07) is 8.23. The lowest BCUT2D eigenvalue weighted by Gasteiger charge is -2.28. The van der Waals surface area contributed by atoms with Crippen LogP contribution in [0, 0.1) is 6.92 Å². The second kappa shape index (κ2) is 9.19. The Labute approximate surface area is 174 Å². The summed E-state index contributed by atoms with van der Waals surface area (Å²) in [4.78, 5) is 39.7. The summed E-state index contributed by atoms with van der Waals surface area (Å²) < 4.78 is 5.12. The molecule has 0 spiro atoms. The van der Waals surface area contributed by atoms with Gasteiger partial charge in [0.2, 0.25) is 5.91 Å². The van der Waals surface area contributed by atoms with E-state index in [2.05, 4.69) is 27.7 Å². The first-order valence-electron chi connectivity index (χ1n) is 9.56. The van der Waals surface area contributed by atoms with E-state index in [0.29, 0.717) is 22.0 Å². The van der Waals surface area contributed by atoms with E-state index in [1.807, 2.05) is 12.1 Å². The zero-order chi connectivity index (χ0) is 21.0. The van der Waals surface area contributed by atoms with Crippen LogP contribution in [-0.4, -0.2) is 49.4 Å². The van der Waals surface area contributed by atoms with Gasteiger partial charge in [0.15, 0.2) is 0 Å². The number of nitrogens with one attached hydrogen (secondary N) is 2. The zero-order valence-corrected chi connectivity index (χ0v) is 17.6. The topological polar surface area (TPSA) is 87.7 Å². The van der Waals surface area contributed by atoms with Crippen molar-refractivity contribution in [3.8, 4) is 0 Å². The fourth-order valence-electron chi connectivity index (χ4n) is 3.44. The number of fused-ring (bicyclic) bond motifs is 1. The van der Waals surface area contributed by atoms with Crippen molar-refractivity contribution >= 4 is 34.1 Å². The quantitative estimate of drug-likeness (QED) is 0.708. The Hall–Kier alpha value is -2.71. The lowest BCUT2D eigenvalue weighted by Crippen LogP contribution is -2.37. The molecule has 2 aromatic rings. The predicted molar refractivity (Wildman–Crippen MR) is 112 cm³/mol. The van der Waals surface area contributed by atoms with Crippen molar-refractivity contribution in [2.45, 2.75) is 26.8 Å². The van der Waals surface area contributed by atoms with Gasteiger partial charge in [0.1, 0.15) is 5.00 Å². The van der Waals surface area contributed by atoms with E-state index in [9.17, 15) is 14.4 Å². The van der Waals surface area contributed by atoms with Crippen LogP contribution in [0.5, 0.6) is 0 Å². The molecule has 0 saturated heterocycles. The summed E-state index contributed by atoms with van der Waals surface area (Å²) in [7, 11) is 1.53. The first kappa shape index (κ1) is 21.0. The standard InChI is InChI=1S/C21H25N3O4S/c1-4-28-21(27)17-13(2)18(19(26)22-3)29-20(17)23-16(25)12-24-10-9-14-7-5-6-8-15(14)11-24/h5-8H,4,9-12H2,1-3H3,(H,22,26)(H,23,25). The minimum atomic E-state index is -0.543. The molecular weight excluding hydrogens is 390 g/mol. The van der Waals surface area contributed by atoms with E-state index in [-0.39, 0.29) is 30.5 Å². The van der Waals surface area contributed by atoms with Crippen LogP contribution in [0.3, 0.4) is 0 Å². The number of esters is 1. The molecular formula is C21H25N3O4S. The van der Waals surface area contributed by atoms with Crippen LogP contribution in [-0.2, 0) is 22.5 Å². The van der Waals surface area contributed by atoms with E-state index < -0.39 is 5.97 Å². The lowest BCUT2D eigenvalue weighted by atomic mass is 10.00. The SMILES string of the molecule is CCOC(=O)c1c(NC(=O)CN2CCc3ccccc3C2)sc(C(=O)NC)c1C. The smallest absolute Gasteiger partial charge is 0.341 e. The summed E-state index contributed by atoms with van der Waals surface area (Å²) >= 11 is 1.09. The molecule has 0 unspecified atom stereocenters. The minimum Gasteiger partial charge on any atom is -0.462 e. The highest BCUT2D eigenvalue weighted by molar-refractivity contribution is 7.18. The molecule has 29 heavy (non-hydrogen) atoms. The molecule has 1 aliphatic rings. The third kappa shape index (κ3) is 4.65. The van der Waals surface area contributed by atoms with Crippen LogP contribution in [0.1, 0.15) is 43.6 Å². The van der Waals surface area contributed by atoms with Crippen LogP contribution in [0.25, 0.3) is 0 Å². The van der Waals surface area contributed by atoms with Gasteiger partial charge in [0, 0.05) is 20.1 Å². The van der Waals surface area contributed by atoms with Gasteiger partial charge in [-0.25, -0.2) is 4.79 Å². The van der Waals surface area contributed by atoms with Crippen LogP contribution < -0.4 is 10.6 Å². The van der Waals surface area contributed by atoms with Gasteiger partial charge in [0.25, 0.3) is 5.91 Å². The van der Waals surface area contributed by atoms with Crippen molar-refractivity contribution < 1.29 is 19.1 Å². The van der Waals surface area contributed by atoms with Crippen molar-refractivity contribution in [2.75, 3.05) is 32.1 Å². The van der Waals surface area contributed by atoms with Crippen LogP contribution >= 0.6 is 11.3 Å². The van der Waals surface area contributed by atoms with Crippen LogP contribution in [0.2, 0.25) is 0 Å². The van der Waals surface area contributed by atoms with Crippen molar-refractivity contribution in [2.24, 2.45) is 0 Å². The maximum atomic E-state index is 12.7. The first-order valence-corrected chi connectivity index (χ1v) is 10.4. The summed E-state index contributed by atoms with van der Waals surface area (Å²) in [6.45, 7) is 5.33. The molecule has 2 amide bonds. The maximum absolute atomic E-state index is 12.7. The molecule has 1 aliphatic heterocycles. The Morgan fingerprint density at radius 3 is 2.62 bits per heavy atom. The summed E-state index contributed by atoms with van der Waals surface area (Å²) in [5.41, 5.74) is 3.30. The third-order valence-corrected chi connectivity index (χ3v) is 6.10. The van der Waals surface area contributed by atoms with E-state index in [4.69, 9.17) is 4.74 Å². The molecule has 0 atom stereocenters. The van der Waals surface area contributed by atoms with Gasteiger partial charge < -0.3 is 15.4 Å². The average molecular weight is 416 g/mol. The van der Waals surface area contributed by atoms with E-state index >= 15 is 0 Å². The van der Waals surface area contributed by atoms with Crippen LogP contribution in [0.15, 0.2) is 24.3 Å². The molecule has 0 fully saturated rings. The number of ether oxygens (including phenoxy) is 1. The normalized spacial score (nSPS) is 13.5. The highest BCUT2D eigenvalue weighted by Gasteiger charge is 2.27. The third-order valence-electron chi connectivity index (χ3n) is 4.89. The highest BCUT2D eigenvalue weighted by atomic mass is 32.1. The summed E-state index contributed by atoms with van der Waals surface area (Å²) in [5, 5.41) is 5.73. The molecule has 0 aliphatic carbocycles. The van der Waals surface area contributed by atoms with Gasteiger partial charge in [-0.2, -0.15) is 0 Å². The Kier molecular flexibility index (Phi) is 6.66. The molecule has 154 valence electrons. The van der Waals surface area contributed by atoms with Gasteiger partial charge >= 0.3 is 5.97 Å². The van der Waals surface area contributed by atoms with Crippen molar-refractivity contribution in [3.63, 3.8) is 0 Å². The molecule has 2 heterocycles. The Balaban J connectivity index is 1.75. The van der Waals surface area contributed by atoms with E-state index in [1.165, 1.54) is 18.2 Å². The fourth-order valence-corrected chi connectivity index (χ4v) is 4.60. The van der Waals surface area contributed by atoms with E-state index in [1.54, 1.807) is 13.8 Å². The number of anilines is 1. The molecule has 1 aromatic carbocycles. The molecule has 0 bridgehead atoms. The van der Waals surface area contributed by atoms with Gasteiger partial charge in [-0.05, 0) is 37.0 Å².